The van der Waals surface area contributed by atoms with E-state index in [9.17, 15) is 9.59 Å². The number of aliphatic carboxylic acids is 1. The molecule has 152 valence electrons. The summed E-state index contributed by atoms with van der Waals surface area (Å²) in [5.41, 5.74) is 11.5. The van der Waals surface area contributed by atoms with Crippen LogP contribution in [0.5, 0.6) is 0 Å². The van der Waals surface area contributed by atoms with E-state index in [1.165, 1.54) is 5.56 Å². The van der Waals surface area contributed by atoms with Crippen LogP contribution in [-0.2, 0) is 29.0 Å². The highest BCUT2D eigenvalue weighted by Gasteiger charge is 2.21. The van der Waals surface area contributed by atoms with E-state index in [1.54, 1.807) is 0 Å². The smallest absolute Gasteiger partial charge is 0.305 e. The maximum absolute atomic E-state index is 12.7. The Labute approximate surface area is 169 Å². The molecule has 3 rings (SSSR count). The van der Waals surface area contributed by atoms with E-state index in [0.717, 1.165) is 35.0 Å². The number of aromatic nitrogens is 1. The van der Waals surface area contributed by atoms with Gasteiger partial charge >= 0.3 is 5.97 Å². The summed E-state index contributed by atoms with van der Waals surface area (Å²) in [5.74, 6) is -0.986. The highest BCUT2D eigenvalue weighted by molar-refractivity contribution is 5.99. The van der Waals surface area contributed by atoms with Crippen molar-refractivity contribution >= 4 is 17.3 Å². The molecule has 0 aliphatic carbocycles. The summed E-state index contributed by atoms with van der Waals surface area (Å²) in [6.07, 6.45) is 3.33. The summed E-state index contributed by atoms with van der Waals surface area (Å²) in [6.45, 7) is 2.43. The molecule has 0 unspecified atom stereocenters. The topological polar surface area (TPSA) is 94.0 Å². The van der Waals surface area contributed by atoms with Crippen LogP contribution in [0.15, 0.2) is 48.7 Å². The summed E-state index contributed by atoms with van der Waals surface area (Å²) in [4.78, 5) is 23.3. The van der Waals surface area contributed by atoms with Crippen LogP contribution in [0.2, 0.25) is 0 Å². The van der Waals surface area contributed by atoms with Crippen molar-refractivity contribution in [2.45, 2.75) is 32.8 Å². The molecule has 1 aromatic carbocycles. The Balaban J connectivity index is 2.01. The Bertz CT molecular complexity index is 1010. The van der Waals surface area contributed by atoms with E-state index >= 15 is 0 Å². The van der Waals surface area contributed by atoms with Crippen LogP contribution in [0.4, 0.5) is 0 Å². The zero-order valence-corrected chi connectivity index (χ0v) is 16.6. The van der Waals surface area contributed by atoms with Gasteiger partial charge in [0, 0.05) is 11.7 Å². The number of hydrogen-bond donors (Lipinski definition) is 2. The Morgan fingerprint density at radius 1 is 1.07 bits per heavy atom. The first kappa shape index (κ1) is 20.8. The maximum Gasteiger partial charge on any atom is 0.305 e. The van der Waals surface area contributed by atoms with E-state index in [2.05, 4.69) is 12.1 Å². The summed E-state index contributed by atoms with van der Waals surface area (Å²) < 4.78 is 7.38. The molecule has 2 aromatic heterocycles. The molecule has 0 atom stereocenters. The van der Waals surface area contributed by atoms with Crippen molar-refractivity contribution in [3.05, 3.63) is 76.6 Å². The quantitative estimate of drug-likeness (QED) is 0.407. The monoisotopic (exact) mass is 394 g/mol. The zero-order valence-electron chi connectivity index (χ0n) is 16.6. The summed E-state index contributed by atoms with van der Waals surface area (Å²) in [5, 5.41) is 8.72. The Morgan fingerprint density at radius 3 is 2.48 bits per heavy atom. The van der Waals surface area contributed by atoms with Gasteiger partial charge in [-0.2, -0.15) is 0 Å². The molecule has 0 amide bonds. The van der Waals surface area contributed by atoms with E-state index in [-0.39, 0.29) is 32.0 Å². The molecular weight excluding hydrogens is 368 g/mol. The Kier molecular flexibility index (Phi) is 6.80. The molecule has 0 spiro atoms. The number of Topliss-reactive ketones (excluding diaryl/α,β-unsaturated/α-hetero) is 1. The third-order valence-electron chi connectivity index (χ3n) is 4.97. The number of benzene rings is 1. The van der Waals surface area contributed by atoms with Crippen LogP contribution in [0.25, 0.3) is 5.52 Å². The first-order valence-electron chi connectivity index (χ1n) is 9.76. The highest BCUT2D eigenvalue weighted by atomic mass is 16.5. The number of fused-ring (bicyclic) bond motifs is 1. The molecule has 6 nitrogen and oxygen atoms in total. The molecule has 2 heterocycles. The van der Waals surface area contributed by atoms with Gasteiger partial charge in [-0.05, 0) is 41.2 Å². The minimum absolute atomic E-state index is 0.0378. The number of carbonyl (C=O) groups excluding carboxylic acids is 1. The van der Waals surface area contributed by atoms with Crippen LogP contribution in [0.1, 0.15) is 46.1 Å². The zero-order chi connectivity index (χ0) is 20.8. The molecule has 3 aromatic rings. The number of carboxylic acid groups (broad SMARTS) is 1. The first-order chi connectivity index (χ1) is 14.0. The molecule has 0 saturated carbocycles. The van der Waals surface area contributed by atoms with Crippen molar-refractivity contribution < 1.29 is 19.4 Å². The van der Waals surface area contributed by atoms with Gasteiger partial charge in [-0.3, -0.25) is 9.59 Å². The van der Waals surface area contributed by atoms with Gasteiger partial charge in [0.15, 0.2) is 5.78 Å². The SMILES string of the molecule is CCc1c(Cc2ccccc2)c2ccc(COCCC(=O)O)cn2c1C(=O)CN. The number of rotatable bonds is 10. The molecule has 0 aliphatic rings. The average Bonchev–Trinajstić information content (AvgIpc) is 3.04. The van der Waals surface area contributed by atoms with E-state index in [1.807, 2.05) is 47.9 Å². The lowest BCUT2D eigenvalue weighted by molar-refractivity contribution is -0.138. The molecular formula is C23H26N2O4. The molecule has 0 bridgehead atoms. The van der Waals surface area contributed by atoms with Crippen molar-refractivity contribution in [1.82, 2.24) is 4.40 Å². The number of nitrogens with zero attached hydrogens (tertiary/aromatic N) is 1. The van der Waals surface area contributed by atoms with Crippen LogP contribution in [0, 0.1) is 0 Å². The van der Waals surface area contributed by atoms with Gasteiger partial charge in [0.25, 0.3) is 0 Å². The van der Waals surface area contributed by atoms with Crippen LogP contribution in [0.3, 0.4) is 0 Å². The summed E-state index contributed by atoms with van der Waals surface area (Å²) in [7, 11) is 0. The lowest BCUT2D eigenvalue weighted by Crippen LogP contribution is -2.17. The van der Waals surface area contributed by atoms with Gasteiger partial charge in [0.05, 0.1) is 31.9 Å². The molecule has 6 heteroatoms. The van der Waals surface area contributed by atoms with Crippen molar-refractivity contribution in [2.75, 3.05) is 13.2 Å². The number of nitrogens with two attached hydrogens (primary N) is 1. The first-order valence-corrected chi connectivity index (χ1v) is 9.76. The molecule has 0 saturated heterocycles. The van der Waals surface area contributed by atoms with Gasteiger partial charge in [-0.25, -0.2) is 0 Å². The fourth-order valence-corrected chi connectivity index (χ4v) is 3.63. The minimum Gasteiger partial charge on any atom is -0.481 e. The molecule has 0 radical (unpaired) electrons. The Hall–Kier alpha value is -2.96. The van der Waals surface area contributed by atoms with Gasteiger partial charge in [0.2, 0.25) is 0 Å². The molecule has 3 N–H and O–H groups in total. The number of carbonyl (C=O) groups is 2. The van der Waals surface area contributed by atoms with Crippen molar-refractivity contribution in [2.24, 2.45) is 5.73 Å². The van der Waals surface area contributed by atoms with E-state index < -0.39 is 5.97 Å². The normalized spacial score (nSPS) is 11.1. The Morgan fingerprint density at radius 2 is 1.83 bits per heavy atom. The molecule has 29 heavy (non-hydrogen) atoms. The van der Waals surface area contributed by atoms with E-state index in [0.29, 0.717) is 5.69 Å². The van der Waals surface area contributed by atoms with Crippen LogP contribution in [-0.4, -0.2) is 34.4 Å². The third-order valence-corrected chi connectivity index (χ3v) is 4.97. The number of carboxylic acids is 1. The third kappa shape index (κ3) is 4.72. The maximum atomic E-state index is 12.7. The minimum atomic E-state index is -0.889. The molecule has 0 fully saturated rings. The van der Waals surface area contributed by atoms with Crippen molar-refractivity contribution in [1.29, 1.82) is 0 Å². The van der Waals surface area contributed by atoms with Crippen molar-refractivity contribution in [3.8, 4) is 0 Å². The van der Waals surface area contributed by atoms with Gasteiger partial charge in [0.1, 0.15) is 0 Å². The fourth-order valence-electron chi connectivity index (χ4n) is 3.63. The standard InChI is InChI=1S/C23H26N2O4/c1-2-18-19(12-16-6-4-3-5-7-16)20-9-8-17(15-29-11-10-22(27)28)14-25(20)23(18)21(26)13-24/h3-9,14H,2,10-13,15,24H2,1H3,(H,27,28). The van der Waals surface area contributed by atoms with Gasteiger partial charge < -0.3 is 20.0 Å². The second-order valence-corrected chi connectivity index (χ2v) is 6.94. The summed E-state index contributed by atoms with van der Waals surface area (Å²) in [6, 6.07) is 14.1. The average molecular weight is 394 g/mol. The van der Waals surface area contributed by atoms with Gasteiger partial charge in [-0.15, -0.1) is 0 Å². The van der Waals surface area contributed by atoms with Gasteiger partial charge in [-0.1, -0.05) is 43.3 Å². The van der Waals surface area contributed by atoms with Crippen molar-refractivity contribution in [3.63, 3.8) is 0 Å². The number of pyridine rings is 1. The summed E-state index contributed by atoms with van der Waals surface area (Å²) >= 11 is 0. The predicted molar refractivity (Wildman–Crippen MR) is 111 cm³/mol. The van der Waals surface area contributed by atoms with Crippen LogP contribution >= 0.6 is 0 Å². The number of ketones is 1. The lowest BCUT2D eigenvalue weighted by atomic mass is 9.98. The highest BCUT2D eigenvalue weighted by Crippen LogP contribution is 2.28. The predicted octanol–water partition coefficient (Wildman–Crippen LogP) is 3.23. The fraction of sp³-hybridized carbons (Fsp3) is 0.304. The number of hydrogen-bond acceptors (Lipinski definition) is 4. The van der Waals surface area contributed by atoms with Crippen LogP contribution < -0.4 is 5.73 Å². The number of ether oxygens (including phenoxy) is 1. The largest absolute Gasteiger partial charge is 0.481 e. The second-order valence-electron chi connectivity index (χ2n) is 6.94. The lowest BCUT2D eigenvalue weighted by Gasteiger charge is -2.07. The molecule has 0 aliphatic heterocycles. The second kappa shape index (κ2) is 9.49. The van der Waals surface area contributed by atoms with E-state index in [4.69, 9.17) is 15.6 Å².